The first-order valence-electron chi connectivity index (χ1n) is 15.0. The van der Waals surface area contributed by atoms with Crippen LogP contribution in [0.2, 0.25) is 0 Å². The quantitative estimate of drug-likeness (QED) is 0.0916. The van der Waals surface area contributed by atoms with Gasteiger partial charge in [0.15, 0.2) is 15.5 Å². The van der Waals surface area contributed by atoms with Crippen LogP contribution in [0.5, 0.6) is 0 Å². The lowest BCUT2D eigenvalue weighted by Crippen LogP contribution is -1.96. The average molecular weight is 682 g/mol. The largest absolute Gasteiger partial charge is 0.255 e. The van der Waals surface area contributed by atoms with Crippen LogP contribution >= 0.6 is 35.3 Å². The van der Waals surface area contributed by atoms with E-state index in [1.54, 1.807) is 72.5 Å². The highest BCUT2D eigenvalue weighted by atomic mass is 32.2. The van der Waals surface area contributed by atoms with E-state index in [1.165, 1.54) is 16.7 Å². The molecule has 0 amide bonds. The maximum atomic E-state index is 4.76. The van der Waals surface area contributed by atoms with Crippen molar-refractivity contribution in [2.75, 3.05) is 0 Å². The Bertz CT molecular complexity index is 1850. The number of nitrogens with zero attached hydrogens (tertiary/aromatic N) is 9. The third-order valence-corrected chi connectivity index (χ3v) is 9.70. The third-order valence-electron chi connectivity index (χ3n) is 6.90. The van der Waals surface area contributed by atoms with Gasteiger partial charge in [0.05, 0.1) is 34.2 Å². The summed E-state index contributed by atoms with van der Waals surface area (Å²) in [6.45, 7) is 0. The van der Waals surface area contributed by atoms with Gasteiger partial charge in [-0.2, -0.15) is 0 Å². The first kappa shape index (κ1) is 31.6. The van der Waals surface area contributed by atoms with Gasteiger partial charge in [-0.15, -0.1) is 0 Å². The van der Waals surface area contributed by atoms with Crippen molar-refractivity contribution >= 4 is 35.3 Å². The zero-order chi connectivity index (χ0) is 32.4. The minimum atomic E-state index is 0.702. The van der Waals surface area contributed by atoms with Crippen molar-refractivity contribution in [2.45, 2.75) is 32.7 Å². The fraction of sp³-hybridized carbons (Fsp3) is 0.0833. The summed E-state index contributed by atoms with van der Waals surface area (Å²) in [5.74, 6) is 2.12. The Morgan fingerprint density at radius 3 is 0.958 bits per heavy atom. The molecule has 0 radical (unpaired) electrons. The molecule has 0 aliphatic heterocycles. The molecule has 48 heavy (non-hydrogen) atoms. The number of rotatable bonds is 12. The molecule has 0 aliphatic carbocycles. The van der Waals surface area contributed by atoms with E-state index in [2.05, 4.69) is 48.1 Å². The highest BCUT2D eigenvalue weighted by molar-refractivity contribution is 7.98. The van der Waals surface area contributed by atoms with E-state index >= 15 is 0 Å². The van der Waals surface area contributed by atoms with Gasteiger partial charge in [0.2, 0.25) is 0 Å². The smallest absolute Gasteiger partial charge is 0.188 e. The fourth-order valence-corrected chi connectivity index (χ4v) is 7.02. The van der Waals surface area contributed by atoms with E-state index in [-0.39, 0.29) is 0 Å². The standard InChI is InChI=1S/C36H27N9S3/c1-4-13-37-28(7-1)31-10-16-40-34(43-31)46-22-25-19-26(23-47-35-41-17-11-32(44-35)29-8-2-5-14-38-29)21-27(20-25)24-48-36-42-18-12-33(45-36)30-9-3-6-15-39-30/h1-21H,22-24H2. The Balaban J connectivity index is 1.10. The lowest BCUT2D eigenvalue weighted by Gasteiger charge is -2.10. The Morgan fingerprint density at radius 1 is 0.333 bits per heavy atom. The number of thioether (sulfide) groups is 3. The molecule has 6 heterocycles. The van der Waals surface area contributed by atoms with Crippen LogP contribution in [0.1, 0.15) is 16.7 Å². The van der Waals surface area contributed by atoms with Gasteiger partial charge in [-0.3, -0.25) is 15.0 Å². The maximum Gasteiger partial charge on any atom is 0.188 e. The number of pyridine rings is 3. The molecule has 7 aromatic rings. The van der Waals surface area contributed by atoms with Crippen molar-refractivity contribution in [3.05, 3.63) is 145 Å². The van der Waals surface area contributed by atoms with Gasteiger partial charge in [0, 0.05) is 54.4 Å². The molecular weight excluding hydrogens is 655 g/mol. The van der Waals surface area contributed by atoms with Gasteiger partial charge in [-0.05, 0) is 71.3 Å². The summed E-state index contributed by atoms with van der Waals surface area (Å²) >= 11 is 4.80. The molecule has 7 rings (SSSR count). The van der Waals surface area contributed by atoms with E-state index in [0.717, 1.165) is 34.2 Å². The maximum absolute atomic E-state index is 4.76. The predicted octanol–water partition coefficient (Wildman–Crippen LogP) is 8.12. The van der Waals surface area contributed by atoms with Gasteiger partial charge in [0.1, 0.15) is 0 Å². The number of hydrogen-bond acceptors (Lipinski definition) is 12. The molecule has 234 valence electrons. The van der Waals surface area contributed by atoms with Crippen molar-refractivity contribution in [1.82, 2.24) is 44.9 Å². The second-order valence-electron chi connectivity index (χ2n) is 10.3. The molecular formula is C36H27N9S3. The lowest BCUT2D eigenvalue weighted by molar-refractivity contribution is 0.965. The number of aromatic nitrogens is 9. The van der Waals surface area contributed by atoms with Crippen LogP contribution in [0.15, 0.2) is 144 Å². The van der Waals surface area contributed by atoms with Gasteiger partial charge < -0.3 is 0 Å². The van der Waals surface area contributed by atoms with Crippen LogP contribution in [-0.4, -0.2) is 44.9 Å². The van der Waals surface area contributed by atoms with Crippen molar-refractivity contribution in [3.8, 4) is 34.2 Å². The van der Waals surface area contributed by atoms with Crippen molar-refractivity contribution in [3.63, 3.8) is 0 Å². The normalized spacial score (nSPS) is 11.0. The Kier molecular flexibility index (Phi) is 10.3. The number of hydrogen-bond donors (Lipinski definition) is 0. The summed E-state index contributed by atoms with van der Waals surface area (Å²) in [5.41, 5.74) is 8.39. The minimum Gasteiger partial charge on any atom is -0.255 e. The van der Waals surface area contributed by atoms with E-state index in [9.17, 15) is 0 Å². The molecule has 0 saturated carbocycles. The summed E-state index contributed by atoms with van der Waals surface area (Å²) in [6.07, 6.45) is 10.7. The van der Waals surface area contributed by atoms with Crippen LogP contribution in [0.4, 0.5) is 0 Å². The van der Waals surface area contributed by atoms with Crippen LogP contribution in [0.3, 0.4) is 0 Å². The van der Waals surface area contributed by atoms with Gasteiger partial charge in [0.25, 0.3) is 0 Å². The van der Waals surface area contributed by atoms with Gasteiger partial charge in [-0.1, -0.05) is 71.7 Å². The van der Waals surface area contributed by atoms with Crippen molar-refractivity contribution < 1.29 is 0 Å². The summed E-state index contributed by atoms with van der Waals surface area (Å²) in [5, 5.41) is 2.11. The molecule has 0 unspecified atom stereocenters. The Labute approximate surface area is 290 Å². The zero-order valence-corrected chi connectivity index (χ0v) is 27.9. The second kappa shape index (κ2) is 15.7. The summed E-state index contributed by atoms with van der Waals surface area (Å²) in [7, 11) is 0. The van der Waals surface area contributed by atoms with Crippen molar-refractivity contribution in [1.29, 1.82) is 0 Å². The Hall–Kier alpha value is -5.04. The SMILES string of the molecule is c1ccc(-c2ccnc(SCc3cc(CSc4nccc(-c5ccccn5)n4)cc(CSc4nccc(-c5ccccn5)n4)c3)n2)nc1. The second-order valence-corrected chi connectivity index (χ2v) is 13.2. The van der Waals surface area contributed by atoms with Crippen LogP contribution in [-0.2, 0) is 17.3 Å². The molecule has 0 spiro atoms. The Morgan fingerprint density at radius 2 is 0.667 bits per heavy atom. The molecule has 12 heteroatoms. The average Bonchev–Trinajstić information content (AvgIpc) is 3.17. The van der Waals surface area contributed by atoms with E-state index in [4.69, 9.17) is 15.0 Å². The van der Waals surface area contributed by atoms with E-state index in [1.807, 2.05) is 72.8 Å². The van der Waals surface area contributed by atoms with Gasteiger partial charge in [-0.25, -0.2) is 29.9 Å². The van der Waals surface area contributed by atoms with Gasteiger partial charge >= 0.3 is 0 Å². The first-order valence-corrected chi connectivity index (χ1v) is 17.9. The van der Waals surface area contributed by atoms with Crippen LogP contribution < -0.4 is 0 Å². The molecule has 6 aromatic heterocycles. The topological polar surface area (TPSA) is 116 Å². The van der Waals surface area contributed by atoms with Crippen LogP contribution in [0.25, 0.3) is 34.2 Å². The third kappa shape index (κ3) is 8.45. The van der Waals surface area contributed by atoms with Crippen LogP contribution in [0, 0.1) is 0 Å². The van der Waals surface area contributed by atoms with E-state index in [0.29, 0.717) is 32.7 Å². The predicted molar refractivity (Wildman–Crippen MR) is 191 cm³/mol. The highest BCUT2D eigenvalue weighted by Crippen LogP contribution is 2.29. The molecule has 9 nitrogen and oxygen atoms in total. The molecule has 0 bridgehead atoms. The van der Waals surface area contributed by atoms with Crippen molar-refractivity contribution in [2.24, 2.45) is 0 Å². The van der Waals surface area contributed by atoms with E-state index < -0.39 is 0 Å². The molecule has 0 aliphatic rings. The molecule has 1 aromatic carbocycles. The summed E-state index contributed by atoms with van der Waals surface area (Å²) in [4.78, 5) is 41.1. The first-order chi connectivity index (χ1) is 23.7. The number of benzene rings is 1. The fourth-order valence-electron chi connectivity index (χ4n) is 4.73. The lowest BCUT2D eigenvalue weighted by atomic mass is 10.1. The molecule has 0 fully saturated rings. The zero-order valence-electron chi connectivity index (χ0n) is 25.5. The minimum absolute atomic E-state index is 0.702. The summed E-state index contributed by atoms with van der Waals surface area (Å²) < 4.78 is 0. The monoisotopic (exact) mass is 681 g/mol. The molecule has 0 saturated heterocycles. The highest BCUT2D eigenvalue weighted by Gasteiger charge is 2.11. The summed E-state index contributed by atoms with van der Waals surface area (Å²) in [6, 6.07) is 29.8. The molecule has 0 atom stereocenters. The molecule has 0 N–H and O–H groups in total.